The van der Waals surface area contributed by atoms with Crippen LogP contribution in [0, 0.1) is 0 Å². The zero-order chi connectivity index (χ0) is 23.5. The van der Waals surface area contributed by atoms with Gasteiger partial charge in [0.25, 0.3) is 5.91 Å². The van der Waals surface area contributed by atoms with Gasteiger partial charge in [-0.05, 0) is 25.5 Å². The van der Waals surface area contributed by atoms with Crippen LogP contribution in [0.1, 0.15) is 49.6 Å². The summed E-state index contributed by atoms with van der Waals surface area (Å²) < 4.78 is 63.5. The molecule has 1 aliphatic rings. The number of pyridine rings is 1. The van der Waals surface area contributed by atoms with Crippen molar-refractivity contribution >= 4 is 11.6 Å². The molecule has 2 heterocycles. The highest BCUT2D eigenvalue weighted by Crippen LogP contribution is 2.44. The molecule has 1 atom stereocenters. The summed E-state index contributed by atoms with van der Waals surface area (Å²) in [6.07, 6.45) is -5.78. The van der Waals surface area contributed by atoms with E-state index >= 15 is 4.39 Å². The van der Waals surface area contributed by atoms with E-state index in [1.165, 1.54) is 17.2 Å². The molecule has 0 bridgehead atoms. The number of rotatable bonds is 6. The zero-order valence-corrected chi connectivity index (χ0v) is 17.8. The number of hydrogen-bond acceptors (Lipinski definition) is 5. The largest absolute Gasteiger partial charge is 0.420 e. The topological polar surface area (TPSA) is 80.5 Å². The Morgan fingerprint density at radius 1 is 1.19 bits per heavy atom. The highest BCUT2D eigenvalue weighted by Gasteiger charge is 2.44. The maximum atomic E-state index is 15.5. The molecule has 1 aliphatic heterocycles. The van der Waals surface area contributed by atoms with Crippen molar-refractivity contribution in [3.05, 3.63) is 59.4 Å². The molecule has 174 valence electrons. The smallest absolute Gasteiger partial charge is 0.371 e. The van der Waals surface area contributed by atoms with E-state index in [0.717, 1.165) is 0 Å². The fraction of sp³-hybridized carbons (Fsp3) is 0.455. The summed E-state index contributed by atoms with van der Waals surface area (Å²) in [7, 11) is 0. The van der Waals surface area contributed by atoms with E-state index < -0.39 is 41.2 Å². The number of ether oxygens (including phenoxy) is 1. The highest BCUT2D eigenvalue weighted by molar-refractivity contribution is 5.82. The second-order valence-electron chi connectivity index (χ2n) is 7.98. The molecule has 32 heavy (non-hydrogen) atoms. The number of carbonyl (C=O) groups is 1. The molecular formula is C22H26F4N4O2. The number of amides is 1. The van der Waals surface area contributed by atoms with Gasteiger partial charge in [-0.25, -0.2) is 10.2 Å². The number of nitrogens with two attached hydrogens (primary N) is 1. The Labute approximate surface area is 183 Å². The summed E-state index contributed by atoms with van der Waals surface area (Å²) in [5, 5.41) is 0. The van der Waals surface area contributed by atoms with Crippen molar-refractivity contribution in [3.63, 3.8) is 0 Å². The Hall–Kier alpha value is -2.72. The molecule has 0 aliphatic carbocycles. The van der Waals surface area contributed by atoms with Crippen molar-refractivity contribution < 1.29 is 27.1 Å². The van der Waals surface area contributed by atoms with Crippen molar-refractivity contribution in [1.82, 2.24) is 10.4 Å². The van der Waals surface area contributed by atoms with E-state index in [1.54, 1.807) is 44.2 Å². The minimum atomic E-state index is -4.82. The van der Waals surface area contributed by atoms with Crippen molar-refractivity contribution in [2.45, 2.75) is 50.7 Å². The number of alkyl halides is 4. The van der Waals surface area contributed by atoms with Crippen LogP contribution in [0.3, 0.4) is 0 Å². The third-order valence-electron chi connectivity index (χ3n) is 5.47. The molecule has 1 unspecified atom stereocenters. The third-order valence-corrected chi connectivity index (χ3v) is 5.47. The van der Waals surface area contributed by atoms with Gasteiger partial charge in [0.15, 0.2) is 6.10 Å². The lowest BCUT2D eigenvalue weighted by Gasteiger charge is -2.39. The van der Waals surface area contributed by atoms with Crippen molar-refractivity contribution in [1.29, 1.82) is 0 Å². The van der Waals surface area contributed by atoms with Crippen LogP contribution in [0.2, 0.25) is 0 Å². The summed E-state index contributed by atoms with van der Waals surface area (Å²) in [5.41, 5.74) is -1.09. The van der Waals surface area contributed by atoms with Crippen molar-refractivity contribution in [2.24, 2.45) is 5.84 Å². The van der Waals surface area contributed by atoms with E-state index in [-0.39, 0.29) is 31.6 Å². The highest BCUT2D eigenvalue weighted by atomic mass is 19.4. The number of carbonyl (C=O) groups excluding carboxylic acids is 1. The van der Waals surface area contributed by atoms with Crippen molar-refractivity contribution in [3.8, 4) is 0 Å². The Balaban J connectivity index is 1.97. The summed E-state index contributed by atoms with van der Waals surface area (Å²) >= 11 is 0. The molecule has 1 amide bonds. The first-order valence-corrected chi connectivity index (χ1v) is 10.3. The van der Waals surface area contributed by atoms with E-state index in [2.05, 4.69) is 4.98 Å². The summed E-state index contributed by atoms with van der Waals surface area (Å²) in [5.74, 6) is 4.23. The van der Waals surface area contributed by atoms with E-state index in [1.807, 2.05) is 5.43 Å². The Morgan fingerprint density at radius 3 is 2.34 bits per heavy atom. The molecule has 10 heteroatoms. The number of hydrogen-bond donors (Lipinski definition) is 2. The third kappa shape index (κ3) is 5.02. The molecule has 6 nitrogen and oxygen atoms in total. The second-order valence-corrected chi connectivity index (χ2v) is 7.98. The summed E-state index contributed by atoms with van der Waals surface area (Å²) in [6, 6.07) is 9.84. The van der Waals surface area contributed by atoms with E-state index in [4.69, 9.17) is 10.6 Å². The Kier molecular flexibility index (Phi) is 7.04. The predicted molar refractivity (Wildman–Crippen MR) is 111 cm³/mol. The molecular weight excluding hydrogens is 428 g/mol. The van der Waals surface area contributed by atoms with E-state index in [0.29, 0.717) is 5.56 Å². The standard InChI is InChI=1S/C22H26F4N4O2/c1-14(2)32-19(20(31)29-27)18-17(22(24,25)26)16(8-11-28-18)30-12-9-21(23,10-13-30)15-6-4-3-5-7-15/h3-8,11,14,19H,9-10,12-13,27H2,1-2H3,(H,29,31). The molecule has 1 saturated heterocycles. The number of aromatic nitrogens is 1. The molecule has 0 radical (unpaired) electrons. The SMILES string of the molecule is CC(C)OC(C(=O)NN)c1nccc(N2CCC(F)(c3ccccc3)CC2)c1C(F)(F)F. The molecule has 1 fully saturated rings. The molecule has 0 saturated carbocycles. The van der Waals surface area contributed by atoms with Gasteiger partial charge in [-0.15, -0.1) is 0 Å². The average molecular weight is 454 g/mol. The quantitative estimate of drug-likeness (QED) is 0.298. The summed E-state index contributed by atoms with van der Waals surface area (Å²) in [6.45, 7) is 3.30. The minimum absolute atomic E-state index is 0.0289. The first kappa shape index (κ1) is 23.9. The number of anilines is 1. The number of piperidine rings is 1. The van der Waals surface area contributed by atoms with Crippen LogP contribution in [0.5, 0.6) is 0 Å². The molecule has 2 aromatic rings. The Morgan fingerprint density at radius 2 is 1.81 bits per heavy atom. The predicted octanol–water partition coefficient (Wildman–Crippen LogP) is 4.02. The normalized spacial score (nSPS) is 17.3. The first-order valence-electron chi connectivity index (χ1n) is 10.3. The Bertz CT molecular complexity index is 929. The molecule has 1 aromatic heterocycles. The maximum absolute atomic E-state index is 15.5. The average Bonchev–Trinajstić information content (AvgIpc) is 2.77. The lowest BCUT2D eigenvalue weighted by Crippen LogP contribution is -2.42. The van der Waals surface area contributed by atoms with Gasteiger partial charge in [-0.2, -0.15) is 13.2 Å². The maximum Gasteiger partial charge on any atom is 0.420 e. The lowest BCUT2D eigenvalue weighted by atomic mass is 9.86. The fourth-order valence-electron chi connectivity index (χ4n) is 3.95. The van der Waals surface area contributed by atoms with Gasteiger partial charge in [0.1, 0.15) is 11.2 Å². The number of nitrogens with one attached hydrogen (secondary N) is 1. The van der Waals surface area contributed by atoms with Crippen LogP contribution < -0.4 is 16.2 Å². The second kappa shape index (κ2) is 9.41. The number of nitrogens with zero attached hydrogens (tertiary/aromatic N) is 2. The van der Waals surface area contributed by atoms with Crippen LogP contribution in [0.25, 0.3) is 0 Å². The van der Waals surface area contributed by atoms with Crippen molar-refractivity contribution in [2.75, 3.05) is 18.0 Å². The molecule has 3 rings (SSSR count). The number of hydrazine groups is 1. The zero-order valence-electron chi connectivity index (χ0n) is 17.8. The van der Waals surface area contributed by atoms with Gasteiger partial charge in [0, 0.05) is 32.1 Å². The van der Waals surface area contributed by atoms with Gasteiger partial charge in [0.2, 0.25) is 0 Å². The van der Waals surface area contributed by atoms with Crippen LogP contribution >= 0.6 is 0 Å². The monoisotopic (exact) mass is 454 g/mol. The van der Waals surface area contributed by atoms with E-state index in [9.17, 15) is 18.0 Å². The molecule has 0 spiro atoms. The van der Waals surface area contributed by atoms with Crippen LogP contribution in [-0.2, 0) is 21.4 Å². The number of halogens is 4. The van der Waals surface area contributed by atoms with Gasteiger partial charge >= 0.3 is 6.18 Å². The molecule has 1 aromatic carbocycles. The van der Waals surface area contributed by atoms with Gasteiger partial charge in [0.05, 0.1) is 17.5 Å². The van der Waals surface area contributed by atoms with Crippen LogP contribution in [-0.4, -0.2) is 30.1 Å². The van der Waals surface area contributed by atoms with Crippen LogP contribution in [0.4, 0.5) is 23.2 Å². The van der Waals surface area contributed by atoms with Gasteiger partial charge in [-0.3, -0.25) is 15.2 Å². The first-order chi connectivity index (χ1) is 15.1. The van der Waals surface area contributed by atoms with Gasteiger partial charge in [-0.1, -0.05) is 30.3 Å². The summed E-state index contributed by atoms with van der Waals surface area (Å²) in [4.78, 5) is 17.5. The number of benzene rings is 1. The fourth-order valence-corrected chi connectivity index (χ4v) is 3.95. The minimum Gasteiger partial charge on any atom is -0.371 e. The molecule has 3 N–H and O–H groups in total. The van der Waals surface area contributed by atoms with Gasteiger partial charge < -0.3 is 9.64 Å². The van der Waals surface area contributed by atoms with Crippen LogP contribution in [0.15, 0.2) is 42.6 Å². The lowest BCUT2D eigenvalue weighted by molar-refractivity contribution is -0.144.